The molecule has 18 heavy (non-hydrogen) atoms. The number of carbonyl (C=O) groups is 2. The van der Waals surface area contributed by atoms with Crippen molar-refractivity contribution in [3.05, 3.63) is 28.2 Å². The maximum absolute atomic E-state index is 12.0. The van der Waals surface area contributed by atoms with Crippen LogP contribution in [-0.4, -0.2) is 23.0 Å². The molecular formula is C12H13BrN2O3. The lowest BCUT2D eigenvalue weighted by atomic mass is 10.1. The van der Waals surface area contributed by atoms with Crippen LogP contribution in [0.15, 0.2) is 22.7 Å². The van der Waals surface area contributed by atoms with E-state index in [-0.39, 0.29) is 5.92 Å². The molecular weight excluding hydrogens is 300 g/mol. The third kappa shape index (κ3) is 2.81. The van der Waals surface area contributed by atoms with Gasteiger partial charge in [0.2, 0.25) is 0 Å². The lowest BCUT2D eigenvalue weighted by molar-refractivity contribution is -0.139. The SMILES string of the molecule is Nc1cc(Br)ccc1C(=O)NC(C(=O)O)C1CC1. The Morgan fingerprint density at radius 3 is 2.61 bits per heavy atom. The van der Waals surface area contributed by atoms with Crippen molar-refractivity contribution >= 4 is 33.5 Å². The molecule has 0 radical (unpaired) electrons. The highest BCUT2D eigenvalue weighted by Crippen LogP contribution is 2.33. The molecule has 0 heterocycles. The molecule has 1 aromatic carbocycles. The number of hydrogen-bond acceptors (Lipinski definition) is 3. The zero-order chi connectivity index (χ0) is 13.3. The predicted octanol–water partition coefficient (Wildman–Crippen LogP) is 1.62. The van der Waals surface area contributed by atoms with Gasteiger partial charge in [-0.05, 0) is 37.0 Å². The molecule has 1 unspecified atom stereocenters. The van der Waals surface area contributed by atoms with E-state index in [1.165, 1.54) is 0 Å². The third-order valence-corrected chi connectivity index (χ3v) is 3.40. The van der Waals surface area contributed by atoms with Crippen LogP contribution in [0.3, 0.4) is 0 Å². The molecule has 6 heteroatoms. The normalized spacial score (nSPS) is 16.1. The Kier molecular flexibility index (Phi) is 3.56. The second-order valence-electron chi connectivity index (χ2n) is 4.36. The second-order valence-corrected chi connectivity index (χ2v) is 5.27. The van der Waals surface area contributed by atoms with Crippen LogP contribution in [0, 0.1) is 5.92 Å². The highest BCUT2D eigenvalue weighted by molar-refractivity contribution is 9.10. The number of carboxylic acids is 1. The molecule has 1 amide bonds. The number of benzene rings is 1. The lowest BCUT2D eigenvalue weighted by Gasteiger charge is -2.14. The predicted molar refractivity (Wildman–Crippen MR) is 70.2 cm³/mol. The molecule has 1 saturated carbocycles. The molecule has 4 N–H and O–H groups in total. The molecule has 1 fully saturated rings. The van der Waals surface area contributed by atoms with Gasteiger partial charge in [0.25, 0.3) is 5.91 Å². The Balaban J connectivity index is 2.13. The van der Waals surface area contributed by atoms with Crippen LogP contribution in [0.25, 0.3) is 0 Å². The van der Waals surface area contributed by atoms with Crippen molar-refractivity contribution in [3.63, 3.8) is 0 Å². The molecule has 0 aromatic heterocycles. The zero-order valence-electron chi connectivity index (χ0n) is 9.52. The number of nitrogen functional groups attached to an aromatic ring is 1. The maximum atomic E-state index is 12.0. The Morgan fingerprint density at radius 2 is 2.11 bits per heavy atom. The second kappa shape index (κ2) is 4.97. The smallest absolute Gasteiger partial charge is 0.326 e. The lowest BCUT2D eigenvalue weighted by Crippen LogP contribution is -2.42. The average Bonchev–Trinajstić information content (AvgIpc) is 3.08. The van der Waals surface area contributed by atoms with Crippen molar-refractivity contribution in [1.29, 1.82) is 0 Å². The Bertz CT molecular complexity index is 500. The topological polar surface area (TPSA) is 92.4 Å². The van der Waals surface area contributed by atoms with Crippen molar-refractivity contribution in [2.75, 3.05) is 5.73 Å². The first-order valence-electron chi connectivity index (χ1n) is 5.57. The quantitative estimate of drug-likeness (QED) is 0.737. The molecule has 0 aliphatic heterocycles. The van der Waals surface area contributed by atoms with E-state index < -0.39 is 17.9 Å². The van der Waals surface area contributed by atoms with Gasteiger partial charge in [-0.1, -0.05) is 15.9 Å². The van der Waals surface area contributed by atoms with Crippen LogP contribution in [0.5, 0.6) is 0 Å². The van der Waals surface area contributed by atoms with Gasteiger partial charge in [0, 0.05) is 10.2 Å². The summed E-state index contributed by atoms with van der Waals surface area (Å²) in [6.07, 6.45) is 1.68. The highest BCUT2D eigenvalue weighted by Gasteiger charge is 2.37. The number of halogens is 1. The fraction of sp³-hybridized carbons (Fsp3) is 0.333. The number of nitrogens with one attached hydrogen (secondary N) is 1. The fourth-order valence-electron chi connectivity index (χ4n) is 1.77. The molecule has 1 aliphatic rings. The number of aliphatic carboxylic acids is 1. The van der Waals surface area contributed by atoms with Gasteiger partial charge < -0.3 is 16.2 Å². The van der Waals surface area contributed by atoms with E-state index in [0.717, 1.165) is 17.3 Å². The summed E-state index contributed by atoms with van der Waals surface area (Å²) in [5.41, 5.74) is 6.35. The Labute approximate surface area is 112 Å². The number of hydrogen-bond donors (Lipinski definition) is 3. The number of carboxylic acid groups (broad SMARTS) is 1. The summed E-state index contributed by atoms with van der Waals surface area (Å²) in [6, 6.07) is 4.06. The Hall–Kier alpha value is -1.56. The first-order valence-corrected chi connectivity index (χ1v) is 6.37. The number of carbonyl (C=O) groups excluding carboxylic acids is 1. The van der Waals surface area contributed by atoms with E-state index in [1.807, 2.05) is 0 Å². The van der Waals surface area contributed by atoms with E-state index in [4.69, 9.17) is 10.8 Å². The van der Waals surface area contributed by atoms with Gasteiger partial charge in [0.1, 0.15) is 6.04 Å². The molecule has 1 atom stereocenters. The molecule has 0 saturated heterocycles. The number of rotatable bonds is 4. The van der Waals surface area contributed by atoms with Crippen LogP contribution < -0.4 is 11.1 Å². The summed E-state index contributed by atoms with van der Waals surface area (Å²) in [5, 5.41) is 11.6. The van der Waals surface area contributed by atoms with Gasteiger partial charge in [-0.25, -0.2) is 4.79 Å². The maximum Gasteiger partial charge on any atom is 0.326 e. The summed E-state index contributed by atoms with van der Waals surface area (Å²) in [5.74, 6) is -1.40. The summed E-state index contributed by atoms with van der Waals surface area (Å²) in [4.78, 5) is 23.0. The van der Waals surface area contributed by atoms with Crippen molar-refractivity contribution < 1.29 is 14.7 Å². The van der Waals surface area contributed by atoms with E-state index >= 15 is 0 Å². The van der Waals surface area contributed by atoms with Crippen LogP contribution in [0.2, 0.25) is 0 Å². The first-order chi connectivity index (χ1) is 8.49. The van der Waals surface area contributed by atoms with Crippen LogP contribution in [0.1, 0.15) is 23.2 Å². The van der Waals surface area contributed by atoms with Crippen LogP contribution >= 0.6 is 15.9 Å². The van der Waals surface area contributed by atoms with Gasteiger partial charge in [-0.3, -0.25) is 4.79 Å². The fourth-order valence-corrected chi connectivity index (χ4v) is 2.15. The molecule has 0 bridgehead atoms. The van der Waals surface area contributed by atoms with Gasteiger partial charge in [-0.15, -0.1) is 0 Å². The number of amides is 1. The average molecular weight is 313 g/mol. The summed E-state index contributed by atoms with van der Waals surface area (Å²) in [7, 11) is 0. The van der Waals surface area contributed by atoms with Gasteiger partial charge >= 0.3 is 5.97 Å². The molecule has 1 aromatic rings. The molecule has 2 rings (SSSR count). The summed E-state index contributed by atoms with van der Waals surface area (Å²) >= 11 is 3.25. The largest absolute Gasteiger partial charge is 0.480 e. The van der Waals surface area contributed by atoms with Crippen molar-refractivity contribution in [2.45, 2.75) is 18.9 Å². The number of nitrogens with two attached hydrogens (primary N) is 1. The summed E-state index contributed by atoms with van der Waals surface area (Å²) in [6.45, 7) is 0. The minimum absolute atomic E-state index is 0.0446. The van der Waals surface area contributed by atoms with E-state index in [1.54, 1.807) is 18.2 Å². The minimum atomic E-state index is -0.999. The third-order valence-electron chi connectivity index (χ3n) is 2.90. The van der Waals surface area contributed by atoms with Crippen molar-refractivity contribution in [2.24, 2.45) is 5.92 Å². The molecule has 0 spiro atoms. The number of anilines is 1. The Morgan fingerprint density at radius 1 is 1.44 bits per heavy atom. The first kappa shape index (κ1) is 12.9. The van der Waals surface area contributed by atoms with Gasteiger partial charge in [-0.2, -0.15) is 0 Å². The minimum Gasteiger partial charge on any atom is -0.480 e. The molecule has 5 nitrogen and oxygen atoms in total. The van der Waals surface area contributed by atoms with Crippen molar-refractivity contribution in [3.8, 4) is 0 Å². The van der Waals surface area contributed by atoms with Gasteiger partial charge in [0.15, 0.2) is 0 Å². The van der Waals surface area contributed by atoms with E-state index in [9.17, 15) is 9.59 Å². The molecule has 1 aliphatic carbocycles. The zero-order valence-corrected chi connectivity index (χ0v) is 11.1. The monoisotopic (exact) mass is 312 g/mol. The van der Waals surface area contributed by atoms with E-state index in [0.29, 0.717) is 11.3 Å². The van der Waals surface area contributed by atoms with Gasteiger partial charge in [0.05, 0.1) is 5.56 Å². The van der Waals surface area contributed by atoms with E-state index in [2.05, 4.69) is 21.2 Å². The molecule has 96 valence electrons. The standard InChI is InChI=1S/C12H13BrN2O3/c13-7-3-4-8(9(14)5-7)11(16)15-10(12(17)18)6-1-2-6/h3-6,10H,1-2,14H2,(H,15,16)(H,17,18). The highest BCUT2D eigenvalue weighted by atomic mass is 79.9. The van der Waals surface area contributed by atoms with Crippen LogP contribution in [0.4, 0.5) is 5.69 Å². The van der Waals surface area contributed by atoms with Crippen LogP contribution in [-0.2, 0) is 4.79 Å². The summed E-state index contributed by atoms with van der Waals surface area (Å²) < 4.78 is 0.772. The van der Waals surface area contributed by atoms with Crippen molar-refractivity contribution in [1.82, 2.24) is 5.32 Å².